The molecule has 0 amide bonds. The van der Waals surface area contributed by atoms with Crippen LogP contribution in [0.25, 0.3) is 0 Å². The number of alkyl halides is 6. The van der Waals surface area contributed by atoms with Gasteiger partial charge in [-0.15, -0.1) is 0 Å². The van der Waals surface area contributed by atoms with Gasteiger partial charge in [0.15, 0.2) is 0 Å². The van der Waals surface area contributed by atoms with Gasteiger partial charge in [-0.1, -0.05) is 48.5 Å². The van der Waals surface area contributed by atoms with Crippen LogP contribution in [0.3, 0.4) is 0 Å². The molecule has 1 aliphatic rings. The summed E-state index contributed by atoms with van der Waals surface area (Å²) in [6, 6.07) is 17.6. The van der Waals surface area contributed by atoms with Crippen LogP contribution in [0, 0.1) is 13.8 Å². The van der Waals surface area contributed by atoms with Gasteiger partial charge in [-0.05, 0) is 67.1 Å². The second-order valence-corrected chi connectivity index (χ2v) is 9.64. The number of anilines is 1. The molecule has 1 heterocycles. The van der Waals surface area contributed by atoms with E-state index in [1.165, 1.54) is 16.8 Å². The van der Waals surface area contributed by atoms with Gasteiger partial charge in [0.1, 0.15) is 0 Å². The zero-order valence-electron chi connectivity index (χ0n) is 20.8. The molecule has 0 saturated carbocycles. The quantitative estimate of drug-likeness (QED) is 0.306. The van der Waals surface area contributed by atoms with Crippen LogP contribution in [0.5, 0.6) is 0 Å². The van der Waals surface area contributed by atoms with Crippen molar-refractivity contribution in [3.8, 4) is 0 Å². The van der Waals surface area contributed by atoms with Crippen LogP contribution >= 0.6 is 0 Å². The standard InChI is InChI=1S/C29H30F6N2/c1-20-7-6-8-21(2)27(20)37-15-13-36(14-16-37)26(23-9-4-3-5-10-23)12-11-22-17-24(28(30,31)32)19-25(18-22)29(33,34)35/h3-10,17-19,26H,11-16H2,1-2H3. The van der Waals surface area contributed by atoms with Crippen LogP contribution in [0.4, 0.5) is 32.0 Å². The smallest absolute Gasteiger partial charge is 0.369 e. The minimum Gasteiger partial charge on any atom is -0.369 e. The van der Waals surface area contributed by atoms with E-state index in [9.17, 15) is 26.3 Å². The number of hydrogen-bond donors (Lipinski definition) is 0. The molecule has 1 aliphatic heterocycles. The summed E-state index contributed by atoms with van der Waals surface area (Å²) in [6.45, 7) is 7.23. The van der Waals surface area contributed by atoms with Crippen molar-refractivity contribution in [2.24, 2.45) is 0 Å². The molecule has 1 unspecified atom stereocenters. The maximum Gasteiger partial charge on any atom is 0.416 e. The predicted octanol–water partition coefficient (Wildman–Crippen LogP) is 7.84. The van der Waals surface area contributed by atoms with Gasteiger partial charge in [-0.2, -0.15) is 26.3 Å². The van der Waals surface area contributed by atoms with Crippen LogP contribution in [-0.2, 0) is 18.8 Å². The lowest BCUT2D eigenvalue weighted by Gasteiger charge is -2.41. The summed E-state index contributed by atoms with van der Waals surface area (Å²) in [7, 11) is 0. The monoisotopic (exact) mass is 520 g/mol. The molecule has 1 saturated heterocycles. The summed E-state index contributed by atoms with van der Waals surface area (Å²) >= 11 is 0. The molecule has 0 radical (unpaired) electrons. The second kappa shape index (κ2) is 10.8. The van der Waals surface area contributed by atoms with Gasteiger partial charge >= 0.3 is 12.4 Å². The summed E-state index contributed by atoms with van der Waals surface area (Å²) < 4.78 is 80.1. The lowest BCUT2D eigenvalue weighted by Crippen LogP contribution is -2.48. The number of para-hydroxylation sites is 1. The van der Waals surface area contributed by atoms with Gasteiger partial charge in [0.25, 0.3) is 0 Å². The lowest BCUT2D eigenvalue weighted by atomic mass is 9.94. The minimum atomic E-state index is -4.85. The molecule has 37 heavy (non-hydrogen) atoms. The zero-order valence-corrected chi connectivity index (χ0v) is 20.8. The molecular formula is C29H30F6N2. The van der Waals surface area contributed by atoms with E-state index in [4.69, 9.17) is 0 Å². The Bertz CT molecular complexity index is 1140. The first kappa shape index (κ1) is 27.0. The van der Waals surface area contributed by atoms with Gasteiger partial charge in [0, 0.05) is 37.9 Å². The molecule has 2 nitrogen and oxygen atoms in total. The van der Waals surface area contributed by atoms with Crippen molar-refractivity contribution >= 4 is 5.69 Å². The highest BCUT2D eigenvalue weighted by Crippen LogP contribution is 2.37. The van der Waals surface area contributed by atoms with E-state index >= 15 is 0 Å². The first-order valence-corrected chi connectivity index (χ1v) is 12.3. The van der Waals surface area contributed by atoms with Crippen LogP contribution < -0.4 is 4.90 Å². The first-order chi connectivity index (χ1) is 17.4. The predicted molar refractivity (Wildman–Crippen MR) is 134 cm³/mol. The molecule has 1 atom stereocenters. The van der Waals surface area contributed by atoms with Crippen molar-refractivity contribution in [2.75, 3.05) is 31.1 Å². The van der Waals surface area contributed by atoms with Crippen molar-refractivity contribution < 1.29 is 26.3 Å². The van der Waals surface area contributed by atoms with E-state index in [0.717, 1.165) is 43.9 Å². The third-order valence-electron chi connectivity index (χ3n) is 7.05. The Kier molecular flexibility index (Phi) is 7.88. The molecule has 0 bridgehead atoms. The highest BCUT2D eigenvalue weighted by molar-refractivity contribution is 5.59. The van der Waals surface area contributed by atoms with Crippen molar-refractivity contribution in [2.45, 2.75) is 45.1 Å². The van der Waals surface area contributed by atoms with Crippen LogP contribution in [-0.4, -0.2) is 31.1 Å². The Hall–Kier alpha value is -3.00. The fourth-order valence-corrected chi connectivity index (χ4v) is 5.26. The molecule has 8 heteroatoms. The Labute approximate surface area is 213 Å². The molecule has 3 aromatic rings. The SMILES string of the molecule is Cc1cccc(C)c1N1CCN(C(CCc2cc(C(F)(F)F)cc(C(F)(F)F)c2)c2ccccc2)CC1. The van der Waals surface area contributed by atoms with Crippen molar-refractivity contribution in [1.29, 1.82) is 0 Å². The van der Waals surface area contributed by atoms with Gasteiger partial charge in [0.05, 0.1) is 11.1 Å². The third kappa shape index (κ3) is 6.47. The van der Waals surface area contributed by atoms with E-state index < -0.39 is 23.5 Å². The van der Waals surface area contributed by atoms with Crippen LogP contribution in [0.1, 0.15) is 45.8 Å². The maximum absolute atomic E-state index is 13.3. The van der Waals surface area contributed by atoms with Gasteiger partial charge in [0.2, 0.25) is 0 Å². The molecule has 1 fully saturated rings. The van der Waals surface area contributed by atoms with E-state index in [1.807, 2.05) is 36.4 Å². The minimum absolute atomic E-state index is 0.0391. The summed E-state index contributed by atoms with van der Waals surface area (Å²) in [5.74, 6) is 0. The number of piperazine rings is 1. The molecule has 0 spiro atoms. The molecule has 198 valence electrons. The second-order valence-electron chi connectivity index (χ2n) is 9.64. The maximum atomic E-state index is 13.3. The number of benzene rings is 3. The summed E-state index contributed by atoms with van der Waals surface area (Å²) in [5, 5.41) is 0. The molecule has 0 aromatic heterocycles. The number of hydrogen-bond acceptors (Lipinski definition) is 2. The fourth-order valence-electron chi connectivity index (χ4n) is 5.26. The Balaban J connectivity index is 1.55. The number of nitrogens with zero attached hydrogens (tertiary/aromatic N) is 2. The number of halogens is 6. The van der Waals surface area contributed by atoms with E-state index in [2.05, 4.69) is 35.8 Å². The van der Waals surface area contributed by atoms with Crippen molar-refractivity contribution in [1.82, 2.24) is 4.90 Å². The van der Waals surface area contributed by atoms with Crippen LogP contribution in [0.15, 0.2) is 66.7 Å². The summed E-state index contributed by atoms with van der Waals surface area (Å²) in [4.78, 5) is 4.64. The molecule has 3 aromatic carbocycles. The molecule has 4 rings (SSSR count). The Morgan fingerprint density at radius 2 is 1.24 bits per heavy atom. The van der Waals surface area contributed by atoms with E-state index in [0.29, 0.717) is 6.42 Å². The average Bonchev–Trinajstić information content (AvgIpc) is 2.84. The van der Waals surface area contributed by atoms with Gasteiger partial charge in [-0.3, -0.25) is 4.90 Å². The summed E-state index contributed by atoms with van der Waals surface area (Å²) in [5.41, 5.74) is 2.15. The van der Waals surface area contributed by atoms with Crippen LogP contribution in [0.2, 0.25) is 0 Å². The topological polar surface area (TPSA) is 6.48 Å². The van der Waals surface area contributed by atoms with Gasteiger partial charge < -0.3 is 4.90 Å². The zero-order chi connectivity index (χ0) is 26.8. The third-order valence-corrected chi connectivity index (χ3v) is 7.05. The number of rotatable bonds is 6. The normalized spacial score (nSPS) is 16.2. The highest BCUT2D eigenvalue weighted by atomic mass is 19.4. The molecular weight excluding hydrogens is 490 g/mol. The Morgan fingerprint density at radius 1 is 0.703 bits per heavy atom. The van der Waals surface area contributed by atoms with E-state index in [1.54, 1.807) is 0 Å². The van der Waals surface area contributed by atoms with Crippen molar-refractivity contribution in [3.05, 3.63) is 100 Å². The van der Waals surface area contributed by atoms with E-state index in [-0.39, 0.29) is 24.1 Å². The lowest BCUT2D eigenvalue weighted by molar-refractivity contribution is -0.143. The summed E-state index contributed by atoms with van der Waals surface area (Å²) in [6.07, 6.45) is -9.19. The first-order valence-electron chi connectivity index (χ1n) is 12.3. The van der Waals surface area contributed by atoms with Gasteiger partial charge in [-0.25, -0.2) is 0 Å². The fraction of sp³-hybridized carbons (Fsp3) is 0.379. The van der Waals surface area contributed by atoms with Crippen molar-refractivity contribution in [3.63, 3.8) is 0 Å². The number of aryl methyl sites for hydroxylation is 3. The Morgan fingerprint density at radius 3 is 1.76 bits per heavy atom. The largest absolute Gasteiger partial charge is 0.416 e. The highest BCUT2D eigenvalue weighted by Gasteiger charge is 2.37. The average molecular weight is 521 g/mol. The molecule has 0 aliphatic carbocycles. The molecule has 0 N–H and O–H groups in total.